The van der Waals surface area contributed by atoms with E-state index >= 15 is 0 Å². The van der Waals surface area contributed by atoms with Gasteiger partial charge in [-0.3, -0.25) is 0 Å². The van der Waals surface area contributed by atoms with Crippen LogP contribution in [-0.4, -0.2) is 13.2 Å². The summed E-state index contributed by atoms with van der Waals surface area (Å²) in [6, 6.07) is 5.62. The molecule has 0 atom stereocenters. The summed E-state index contributed by atoms with van der Waals surface area (Å²) in [6.45, 7) is 1.24. The molecule has 1 aliphatic rings. The lowest BCUT2D eigenvalue weighted by atomic mass is 10.3. The molecule has 12 heavy (non-hydrogen) atoms. The lowest BCUT2D eigenvalue weighted by Crippen LogP contribution is -2.15. The molecule has 0 aliphatic carbocycles. The van der Waals surface area contributed by atoms with Crippen LogP contribution in [0.15, 0.2) is 18.2 Å². The third kappa shape index (κ3) is 1.30. The smallest absolute Gasteiger partial charge is 0.163 e. The zero-order valence-electron chi connectivity index (χ0n) is 6.41. The fourth-order valence-electron chi connectivity index (χ4n) is 1.11. The second-order valence-corrected chi connectivity index (χ2v) is 2.69. The van der Waals surface area contributed by atoms with Gasteiger partial charge in [0.05, 0.1) is 0 Å². The number of thiol groups is 1. The first-order valence-corrected chi connectivity index (χ1v) is 4.14. The SMILES string of the molecule is SNc1ccc2c(c1)OCCO2. The molecule has 1 heterocycles. The highest BCUT2D eigenvalue weighted by molar-refractivity contribution is 7.81. The lowest BCUT2D eigenvalue weighted by Gasteiger charge is -2.18. The van der Waals surface area contributed by atoms with Gasteiger partial charge < -0.3 is 14.2 Å². The highest BCUT2D eigenvalue weighted by atomic mass is 32.1. The van der Waals surface area contributed by atoms with Gasteiger partial charge in [0.2, 0.25) is 0 Å². The molecule has 4 heteroatoms. The highest BCUT2D eigenvalue weighted by Crippen LogP contribution is 2.32. The number of hydrogen-bond donors (Lipinski definition) is 2. The molecule has 1 aromatic rings. The van der Waals surface area contributed by atoms with Gasteiger partial charge in [-0.25, -0.2) is 0 Å². The number of hydrogen-bond acceptors (Lipinski definition) is 4. The second kappa shape index (κ2) is 3.15. The van der Waals surface area contributed by atoms with Crippen LogP contribution in [0.5, 0.6) is 11.5 Å². The summed E-state index contributed by atoms with van der Waals surface area (Å²) in [5.74, 6) is 1.58. The average molecular weight is 183 g/mol. The van der Waals surface area contributed by atoms with E-state index in [0.29, 0.717) is 13.2 Å². The maximum atomic E-state index is 5.37. The summed E-state index contributed by atoms with van der Waals surface area (Å²) in [4.78, 5) is 0. The van der Waals surface area contributed by atoms with Crippen LogP contribution in [0.1, 0.15) is 0 Å². The van der Waals surface area contributed by atoms with Crippen molar-refractivity contribution >= 4 is 18.5 Å². The van der Waals surface area contributed by atoms with Crippen LogP contribution < -0.4 is 14.2 Å². The van der Waals surface area contributed by atoms with Crippen molar-refractivity contribution in [1.29, 1.82) is 0 Å². The molecule has 0 unspecified atom stereocenters. The van der Waals surface area contributed by atoms with Gasteiger partial charge in [0.15, 0.2) is 11.5 Å². The monoisotopic (exact) mass is 183 g/mol. The van der Waals surface area contributed by atoms with Crippen molar-refractivity contribution in [2.75, 3.05) is 17.9 Å². The highest BCUT2D eigenvalue weighted by Gasteiger charge is 2.10. The Morgan fingerprint density at radius 1 is 1.17 bits per heavy atom. The fraction of sp³-hybridized carbons (Fsp3) is 0.250. The Bertz CT molecular complexity index is 290. The minimum Gasteiger partial charge on any atom is -0.486 e. The van der Waals surface area contributed by atoms with Gasteiger partial charge in [-0.05, 0) is 12.1 Å². The Labute approximate surface area is 76.2 Å². The third-order valence-corrected chi connectivity index (χ3v) is 1.93. The van der Waals surface area contributed by atoms with Crippen LogP contribution >= 0.6 is 12.8 Å². The molecule has 0 spiro atoms. The molecule has 0 saturated heterocycles. The van der Waals surface area contributed by atoms with Gasteiger partial charge in [-0.1, -0.05) is 12.8 Å². The normalized spacial score (nSPS) is 14.1. The Kier molecular flexibility index (Phi) is 1.99. The summed E-state index contributed by atoms with van der Waals surface area (Å²) in [5.41, 5.74) is 0.905. The van der Waals surface area contributed by atoms with Crippen molar-refractivity contribution in [3.8, 4) is 11.5 Å². The van der Waals surface area contributed by atoms with Crippen LogP contribution in [0.25, 0.3) is 0 Å². The van der Waals surface area contributed by atoms with E-state index in [1.54, 1.807) is 0 Å². The summed E-state index contributed by atoms with van der Waals surface area (Å²) in [7, 11) is 0. The quantitative estimate of drug-likeness (QED) is 0.650. The number of rotatable bonds is 1. The Morgan fingerprint density at radius 3 is 2.67 bits per heavy atom. The number of fused-ring (bicyclic) bond motifs is 1. The Balaban J connectivity index is 2.36. The predicted octanol–water partition coefficient (Wildman–Crippen LogP) is 1.71. The molecule has 0 radical (unpaired) electrons. The molecule has 0 saturated carbocycles. The standard InChI is InChI=1S/C8H9NO2S/c12-9-6-1-2-7-8(5-6)11-4-3-10-7/h1-2,5,9,12H,3-4H2. The predicted molar refractivity (Wildman–Crippen MR) is 50.0 cm³/mol. The first-order valence-electron chi connectivity index (χ1n) is 3.70. The summed E-state index contributed by atoms with van der Waals surface area (Å²) in [5, 5.41) is 0. The van der Waals surface area contributed by atoms with E-state index in [1.165, 1.54) is 0 Å². The molecule has 64 valence electrons. The van der Waals surface area contributed by atoms with E-state index in [9.17, 15) is 0 Å². The summed E-state index contributed by atoms with van der Waals surface area (Å²) in [6.07, 6.45) is 0. The molecule has 0 aromatic heterocycles. The van der Waals surface area contributed by atoms with Crippen LogP contribution in [0, 0.1) is 0 Å². The van der Waals surface area contributed by atoms with Crippen molar-refractivity contribution in [2.45, 2.75) is 0 Å². The molecule has 0 fully saturated rings. The number of nitrogens with one attached hydrogen (secondary N) is 1. The molecule has 0 amide bonds. The van der Waals surface area contributed by atoms with Crippen molar-refractivity contribution in [2.24, 2.45) is 0 Å². The molecule has 1 aromatic carbocycles. The maximum absolute atomic E-state index is 5.37. The van der Waals surface area contributed by atoms with Gasteiger partial charge in [0.1, 0.15) is 13.2 Å². The Morgan fingerprint density at radius 2 is 1.92 bits per heavy atom. The number of anilines is 1. The number of benzene rings is 1. The van der Waals surface area contributed by atoms with Crippen molar-refractivity contribution in [3.63, 3.8) is 0 Å². The van der Waals surface area contributed by atoms with Crippen LogP contribution in [0.2, 0.25) is 0 Å². The molecular formula is C8H9NO2S. The topological polar surface area (TPSA) is 30.5 Å². The van der Waals surface area contributed by atoms with E-state index in [-0.39, 0.29) is 0 Å². The average Bonchev–Trinajstić information content (AvgIpc) is 2.17. The molecule has 1 aliphatic heterocycles. The van der Waals surface area contributed by atoms with Gasteiger partial charge in [0, 0.05) is 11.8 Å². The lowest BCUT2D eigenvalue weighted by molar-refractivity contribution is 0.171. The van der Waals surface area contributed by atoms with E-state index in [1.807, 2.05) is 18.2 Å². The van der Waals surface area contributed by atoms with Crippen molar-refractivity contribution < 1.29 is 9.47 Å². The third-order valence-electron chi connectivity index (χ3n) is 1.67. The van der Waals surface area contributed by atoms with Gasteiger partial charge in [-0.15, -0.1) is 0 Å². The first-order chi connectivity index (χ1) is 5.90. The second-order valence-electron chi connectivity index (χ2n) is 2.47. The fourth-order valence-corrected chi connectivity index (χ4v) is 1.25. The molecule has 1 N–H and O–H groups in total. The molecule has 0 bridgehead atoms. The van der Waals surface area contributed by atoms with Crippen LogP contribution in [0.3, 0.4) is 0 Å². The van der Waals surface area contributed by atoms with E-state index in [2.05, 4.69) is 17.5 Å². The minimum absolute atomic E-state index is 0.614. The Hall–Kier alpha value is -1.03. The van der Waals surface area contributed by atoms with E-state index in [4.69, 9.17) is 9.47 Å². The van der Waals surface area contributed by atoms with Crippen molar-refractivity contribution in [3.05, 3.63) is 18.2 Å². The van der Waals surface area contributed by atoms with Crippen molar-refractivity contribution in [1.82, 2.24) is 0 Å². The van der Waals surface area contributed by atoms with Gasteiger partial charge in [-0.2, -0.15) is 0 Å². The summed E-state index contributed by atoms with van der Waals surface area (Å²) >= 11 is 3.93. The largest absolute Gasteiger partial charge is 0.486 e. The van der Waals surface area contributed by atoms with Gasteiger partial charge >= 0.3 is 0 Å². The minimum atomic E-state index is 0.614. The molecular weight excluding hydrogens is 174 g/mol. The zero-order chi connectivity index (χ0) is 8.39. The maximum Gasteiger partial charge on any atom is 0.163 e. The van der Waals surface area contributed by atoms with E-state index < -0.39 is 0 Å². The first kappa shape index (κ1) is 7.61. The van der Waals surface area contributed by atoms with Gasteiger partial charge in [0.25, 0.3) is 0 Å². The van der Waals surface area contributed by atoms with Crippen LogP contribution in [0.4, 0.5) is 5.69 Å². The van der Waals surface area contributed by atoms with E-state index in [0.717, 1.165) is 17.2 Å². The molecule has 3 nitrogen and oxygen atoms in total. The molecule has 2 rings (SSSR count). The summed E-state index contributed by atoms with van der Waals surface area (Å²) < 4.78 is 13.4. The number of ether oxygens (including phenoxy) is 2. The van der Waals surface area contributed by atoms with Crippen LogP contribution in [-0.2, 0) is 0 Å². The zero-order valence-corrected chi connectivity index (χ0v) is 7.30.